The summed E-state index contributed by atoms with van der Waals surface area (Å²) in [7, 11) is 1.81. The van der Waals surface area contributed by atoms with Gasteiger partial charge >= 0.3 is 0 Å². The minimum absolute atomic E-state index is 0.0188. The molecule has 0 saturated carbocycles. The predicted molar refractivity (Wildman–Crippen MR) is 67.8 cm³/mol. The van der Waals surface area contributed by atoms with Crippen LogP contribution in [-0.4, -0.2) is 12.0 Å². The summed E-state index contributed by atoms with van der Waals surface area (Å²) in [5.41, 5.74) is 0.598. The van der Waals surface area contributed by atoms with Gasteiger partial charge in [-0.3, -0.25) is 4.98 Å². The summed E-state index contributed by atoms with van der Waals surface area (Å²) in [5, 5.41) is 3.08. The van der Waals surface area contributed by atoms with Crippen LogP contribution in [0.3, 0.4) is 0 Å². The molecule has 0 radical (unpaired) electrons. The van der Waals surface area contributed by atoms with E-state index in [1.807, 2.05) is 7.05 Å². The van der Waals surface area contributed by atoms with Gasteiger partial charge in [0, 0.05) is 29.6 Å². The van der Waals surface area contributed by atoms with E-state index in [4.69, 9.17) is 0 Å². The van der Waals surface area contributed by atoms with Crippen LogP contribution in [0.1, 0.15) is 38.8 Å². The number of halogens is 1. The van der Waals surface area contributed by atoms with Crippen molar-refractivity contribution < 1.29 is 4.39 Å². The zero-order valence-electron chi connectivity index (χ0n) is 10.8. The Bertz CT molecular complexity index is 424. The number of pyridine rings is 1. The van der Waals surface area contributed by atoms with Crippen LogP contribution < -0.4 is 5.32 Å². The van der Waals surface area contributed by atoms with E-state index in [1.54, 1.807) is 12.3 Å². The van der Waals surface area contributed by atoms with Gasteiger partial charge in [-0.1, -0.05) is 5.92 Å². The van der Waals surface area contributed by atoms with E-state index in [0.29, 0.717) is 12.0 Å². The zero-order chi connectivity index (χ0) is 12.9. The normalized spacial score (nSPS) is 12.8. The van der Waals surface area contributed by atoms with Crippen molar-refractivity contribution >= 4 is 0 Å². The molecular weight excluding hydrogens is 215 g/mol. The summed E-state index contributed by atoms with van der Waals surface area (Å²) < 4.78 is 13.5. The molecule has 0 bridgehead atoms. The molecule has 1 aromatic heterocycles. The van der Waals surface area contributed by atoms with E-state index >= 15 is 0 Å². The third-order valence-corrected chi connectivity index (χ3v) is 2.30. The molecule has 1 unspecified atom stereocenters. The van der Waals surface area contributed by atoms with Gasteiger partial charge in [0.15, 0.2) is 0 Å². The van der Waals surface area contributed by atoms with Crippen molar-refractivity contribution in [2.24, 2.45) is 5.41 Å². The Morgan fingerprint density at radius 1 is 1.47 bits per heavy atom. The molecule has 92 valence electrons. The Balaban J connectivity index is 2.79. The van der Waals surface area contributed by atoms with Crippen LogP contribution in [0.5, 0.6) is 0 Å². The number of nitrogens with one attached hydrogen (secondary N) is 1. The second kappa shape index (κ2) is 5.79. The first-order valence-corrected chi connectivity index (χ1v) is 5.71. The van der Waals surface area contributed by atoms with Crippen molar-refractivity contribution in [1.82, 2.24) is 10.3 Å². The topological polar surface area (TPSA) is 24.9 Å². The molecule has 2 nitrogen and oxygen atoms in total. The average Bonchev–Trinajstić information content (AvgIpc) is 2.24. The maximum Gasteiger partial charge on any atom is 0.146 e. The number of hydrogen-bond donors (Lipinski definition) is 1. The number of aromatic nitrogens is 1. The minimum Gasteiger partial charge on any atom is -0.312 e. The SMILES string of the molecule is CNC(CC#CC(C)(C)C)c1ccncc1F. The summed E-state index contributed by atoms with van der Waals surface area (Å²) in [5.74, 6) is 5.96. The van der Waals surface area contributed by atoms with E-state index in [0.717, 1.165) is 0 Å². The van der Waals surface area contributed by atoms with Crippen LogP contribution in [0.4, 0.5) is 4.39 Å². The van der Waals surface area contributed by atoms with Gasteiger partial charge in [-0.15, -0.1) is 5.92 Å². The number of rotatable bonds is 3. The molecule has 1 atom stereocenters. The summed E-state index contributed by atoms with van der Waals surface area (Å²) >= 11 is 0. The molecule has 1 heterocycles. The van der Waals surface area contributed by atoms with Crippen molar-refractivity contribution in [3.63, 3.8) is 0 Å². The molecular formula is C14H19FN2. The van der Waals surface area contributed by atoms with Crippen molar-refractivity contribution in [1.29, 1.82) is 0 Å². The molecule has 1 N–H and O–H groups in total. The van der Waals surface area contributed by atoms with Gasteiger partial charge in [-0.2, -0.15) is 0 Å². The van der Waals surface area contributed by atoms with Gasteiger partial charge in [-0.05, 0) is 33.9 Å². The maximum absolute atomic E-state index is 13.5. The third kappa shape index (κ3) is 4.54. The molecule has 17 heavy (non-hydrogen) atoms. The van der Waals surface area contributed by atoms with Gasteiger partial charge in [0.2, 0.25) is 0 Å². The van der Waals surface area contributed by atoms with Crippen LogP contribution in [0, 0.1) is 23.1 Å². The number of nitrogens with zero attached hydrogens (tertiary/aromatic N) is 1. The fourth-order valence-electron chi connectivity index (χ4n) is 1.45. The Hall–Kier alpha value is -1.40. The van der Waals surface area contributed by atoms with E-state index < -0.39 is 0 Å². The summed E-state index contributed by atoms with van der Waals surface area (Å²) in [6, 6.07) is 1.60. The highest BCUT2D eigenvalue weighted by Gasteiger charge is 2.12. The predicted octanol–water partition coefficient (Wildman–Crippen LogP) is 2.92. The summed E-state index contributed by atoms with van der Waals surface area (Å²) in [6.07, 6.45) is 3.42. The molecule has 0 aromatic carbocycles. The highest BCUT2D eigenvalue weighted by Crippen LogP contribution is 2.19. The fourth-order valence-corrected chi connectivity index (χ4v) is 1.45. The Morgan fingerprint density at radius 3 is 2.71 bits per heavy atom. The number of hydrogen-bond acceptors (Lipinski definition) is 2. The first kappa shape index (κ1) is 13.7. The fraction of sp³-hybridized carbons (Fsp3) is 0.500. The lowest BCUT2D eigenvalue weighted by Gasteiger charge is -2.14. The van der Waals surface area contributed by atoms with Crippen LogP contribution >= 0.6 is 0 Å². The summed E-state index contributed by atoms with van der Waals surface area (Å²) in [4.78, 5) is 3.74. The first-order chi connectivity index (χ1) is 7.94. The highest BCUT2D eigenvalue weighted by atomic mass is 19.1. The second-order valence-electron chi connectivity index (χ2n) is 4.99. The summed E-state index contributed by atoms with van der Waals surface area (Å²) in [6.45, 7) is 6.17. The first-order valence-electron chi connectivity index (χ1n) is 5.71. The van der Waals surface area contributed by atoms with Gasteiger partial charge in [0.05, 0.1) is 6.20 Å². The molecule has 3 heteroatoms. The van der Waals surface area contributed by atoms with E-state index in [2.05, 4.69) is 42.9 Å². The lowest BCUT2D eigenvalue weighted by Crippen LogP contribution is -2.17. The Morgan fingerprint density at radius 2 is 2.18 bits per heavy atom. The lowest BCUT2D eigenvalue weighted by atomic mass is 9.97. The minimum atomic E-state index is -0.288. The molecule has 0 aliphatic heterocycles. The highest BCUT2D eigenvalue weighted by molar-refractivity contribution is 5.20. The molecule has 0 aliphatic rings. The molecule has 0 fully saturated rings. The van der Waals surface area contributed by atoms with Crippen LogP contribution in [0.2, 0.25) is 0 Å². The maximum atomic E-state index is 13.5. The van der Waals surface area contributed by atoms with Crippen molar-refractivity contribution in [3.8, 4) is 11.8 Å². The van der Waals surface area contributed by atoms with Gasteiger partial charge in [0.25, 0.3) is 0 Å². The lowest BCUT2D eigenvalue weighted by molar-refractivity contribution is 0.537. The molecule has 0 aliphatic carbocycles. The quantitative estimate of drug-likeness (QED) is 0.813. The van der Waals surface area contributed by atoms with Crippen molar-refractivity contribution in [2.75, 3.05) is 7.05 Å². The van der Waals surface area contributed by atoms with Gasteiger partial charge < -0.3 is 5.32 Å². The smallest absolute Gasteiger partial charge is 0.146 e. The Labute approximate surface area is 103 Å². The van der Waals surface area contributed by atoms with Crippen LogP contribution in [-0.2, 0) is 0 Å². The van der Waals surface area contributed by atoms with Gasteiger partial charge in [-0.25, -0.2) is 4.39 Å². The van der Waals surface area contributed by atoms with Crippen molar-refractivity contribution in [3.05, 3.63) is 29.8 Å². The van der Waals surface area contributed by atoms with Crippen molar-refractivity contribution in [2.45, 2.75) is 33.2 Å². The van der Waals surface area contributed by atoms with E-state index in [-0.39, 0.29) is 17.3 Å². The van der Waals surface area contributed by atoms with Crippen LogP contribution in [0.15, 0.2) is 18.5 Å². The monoisotopic (exact) mass is 234 g/mol. The second-order valence-corrected chi connectivity index (χ2v) is 4.99. The third-order valence-electron chi connectivity index (χ3n) is 2.30. The standard InChI is InChI=1S/C14H19FN2/c1-14(2,3)8-5-6-13(16-4)11-7-9-17-10-12(11)15/h7,9-10,13,16H,6H2,1-4H3. The molecule has 0 spiro atoms. The van der Waals surface area contributed by atoms with Gasteiger partial charge in [0.1, 0.15) is 5.82 Å². The molecule has 1 rings (SSSR count). The van der Waals surface area contributed by atoms with E-state index in [1.165, 1.54) is 6.20 Å². The molecule has 0 saturated heterocycles. The largest absolute Gasteiger partial charge is 0.312 e. The molecule has 1 aromatic rings. The zero-order valence-corrected chi connectivity index (χ0v) is 10.8. The Kier molecular flexibility index (Phi) is 4.65. The average molecular weight is 234 g/mol. The van der Waals surface area contributed by atoms with Crippen LogP contribution in [0.25, 0.3) is 0 Å². The molecule has 0 amide bonds. The van der Waals surface area contributed by atoms with E-state index in [9.17, 15) is 4.39 Å².